The number of nitrogens with one attached hydrogen (secondary N) is 1. The van der Waals surface area contributed by atoms with Gasteiger partial charge in [0.1, 0.15) is 47.4 Å². The van der Waals surface area contributed by atoms with Crippen molar-refractivity contribution in [3.05, 3.63) is 0 Å². The number of halogens is 1. The molecule has 2 amide bonds. The number of nitrogens with zero attached hydrogens (tertiary/aromatic N) is 1. The van der Waals surface area contributed by atoms with E-state index in [0.717, 1.165) is 0 Å². The minimum absolute atomic E-state index is 0.0137. The van der Waals surface area contributed by atoms with Crippen LogP contribution in [-0.2, 0) is 22.1 Å². The van der Waals surface area contributed by atoms with Gasteiger partial charge in [0.2, 0.25) is 11.8 Å². The minimum atomic E-state index is -1.35. The molecule has 5 N–H and O–H groups in total. The normalized spacial score (nSPS) is 33.5. The van der Waals surface area contributed by atoms with E-state index >= 15 is 0 Å². The number of hydrogen-bond donors (Lipinski definition) is 5. The van der Waals surface area contributed by atoms with E-state index in [0.29, 0.717) is 45.3 Å². The molecule has 5 unspecified atom stereocenters. The molecule has 180 valence electrons. The van der Waals surface area contributed by atoms with E-state index in [1.807, 2.05) is 0 Å². The molecular formula is C19H33IN2O9. The van der Waals surface area contributed by atoms with E-state index in [-0.39, 0.29) is 18.6 Å². The summed E-state index contributed by atoms with van der Waals surface area (Å²) in [5, 5.41) is 41.9. The van der Waals surface area contributed by atoms with Crippen LogP contribution in [-0.4, -0.2) is 106 Å². The first-order chi connectivity index (χ1) is 14.8. The first kappa shape index (κ1) is 26.6. The van der Waals surface area contributed by atoms with Crippen LogP contribution in [0.1, 0.15) is 39.0 Å². The van der Waals surface area contributed by atoms with Gasteiger partial charge in [-0.2, -0.15) is 0 Å². The predicted octanol–water partition coefficient (Wildman–Crippen LogP) is -1.16. The molecular weight excluding hydrogens is 527 g/mol. The third-order valence-electron chi connectivity index (χ3n) is 5.54. The lowest BCUT2D eigenvalue weighted by Crippen LogP contribution is -2.64. The number of likely N-dealkylation sites (tertiary alicyclic amines) is 1. The molecule has 31 heavy (non-hydrogen) atoms. The molecule has 2 aliphatic heterocycles. The summed E-state index contributed by atoms with van der Waals surface area (Å²) in [7, 11) is 0. The van der Waals surface area contributed by atoms with Crippen LogP contribution in [0.25, 0.3) is 0 Å². The number of carbonyl (C=O) groups excluding carboxylic acids is 2. The third-order valence-corrected chi connectivity index (χ3v) is 5.90. The molecule has 2 fully saturated rings. The van der Waals surface area contributed by atoms with Gasteiger partial charge in [-0.05, 0) is 19.3 Å². The van der Waals surface area contributed by atoms with E-state index in [9.17, 15) is 30.0 Å². The Bertz CT molecular complexity index is 585. The minimum Gasteiger partial charge on any atom is -0.394 e. The van der Waals surface area contributed by atoms with Crippen LogP contribution in [0.2, 0.25) is 0 Å². The summed E-state index contributed by atoms with van der Waals surface area (Å²) in [5.74, 6) is -0.423. The Hall–Kier alpha value is -0.610. The van der Waals surface area contributed by atoms with Gasteiger partial charge in [-0.3, -0.25) is 9.59 Å². The molecule has 2 saturated heterocycles. The molecule has 0 aromatic heterocycles. The van der Waals surface area contributed by atoms with Gasteiger partial charge in [-0.1, -0.05) is 6.42 Å². The SMILES string of the molecule is CC(=O)NC1C(OCCCCCC(=O)N2C[C@H](O)C[C@H]2COI)OC(CO)C(O)C1O. The number of aliphatic hydroxyl groups is 4. The van der Waals surface area contributed by atoms with Gasteiger partial charge in [0.25, 0.3) is 0 Å². The number of amides is 2. The van der Waals surface area contributed by atoms with E-state index in [1.54, 1.807) is 27.9 Å². The summed E-state index contributed by atoms with van der Waals surface area (Å²) in [6.07, 6.45) is -2.38. The van der Waals surface area contributed by atoms with Crippen LogP contribution in [0.15, 0.2) is 0 Å². The molecule has 2 aliphatic rings. The van der Waals surface area contributed by atoms with Gasteiger partial charge in [-0.15, -0.1) is 0 Å². The van der Waals surface area contributed by atoms with Crippen molar-refractivity contribution in [1.29, 1.82) is 0 Å². The highest BCUT2D eigenvalue weighted by atomic mass is 127. The van der Waals surface area contributed by atoms with Crippen LogP contribution in [0.5, 0.6) is 0 Å². The zero-order valence-electron chi connectivity index (χ0n) is 17.6. The van der Waals surface area contributed by atoms with E-state index in [1.165, 1.54) is 6.92 Å². The molecule has 0 spiro atoms. The molecule has 2 heterocycles. The molecule has 11 nitrogen and oxygen atoms in total. The fourth-order valence-electron chi connectivity index (χ4n) is 3.94. The molecule has 0 bridgehead atoms. The number of β-amino-alcohol motifs (C(OH)–C–C–N with tert-alkyl or cyclic N) is 1. The molecule has 0 aliphatic carbocycles. The average Bonchev–Trinajstić information content (AvgIpc) is 3.09. The summed E-state index contributed by atoms with van der Waals surface area (Å²) in [6.45, 7) is 1.76. The lowest BCUT2D eigenvalue weighted by atomic mass is 9.97. The Morgan fingerprint density at radius 1 is 1.19 bits per heavy atom. The number of hydrogen-bond acceptors (Lipinski definition) is 9. The Labute approximate surface area is 195 Å². The van der Waals surface area contributed by atoms with Crippen molar-refractivity contribution in [2.75, 3.05) is 26.4 Å². The summed E-state index contributed by atoms with van der Waals surface area (Å²) in [5.41, 5.74) is 0. The van der Waals surface area contributed by atoms with Crippen molar-refractivity contribution < 1.29 is 42.6 Å². The van der Waals surface area contributed by atoms with Gasteiger partial charge in [-0.25, -0.2) is 0 Å². The van der Waals surface area contributed by atoms with Crippen LogP contribution < -0.4 is 5.32 Å². The molecule has 0 aromatic rings. The van der Waals surface area contributed by atoms with Crippen molar-refractivity contribution in [3.8, 4) is 0 Å². The lowest BCUT2D eigenvalue weighted by molar-refractivity contribution is -0.270. The highest BCUT2D eigenvalue weighted by Crippen LogP contribution is 2.23. The van der Waals surface area contributed by atoms with Crippen molar-refractivity contribution in [2.24, 2.45) is 0 Å². The number of carbonyl (C=O) groups is 2. The monoisotopic (exact) mass is 560 g/mol. The number of ether oxygens (including phenoxy) is 2. The van der Waals surface area contributed by atoms with Crippen LogP contribution in [0.4, 0.5) is 0 Å². The maximum Gasteiger partial charge on any atom is 0.222 e. The van der Waals surface area contributed by atoms with Crippen LogP contribution in [0, 0.1) is 0 Å². The summed E-state index contributed by atoms with van der Waals surface area (Å²) in [4.78, 5) is 25.5. The summed E-state index contributed by atoms with van der Waals surface area (Å²) in [6, 6.07) is -1.06. The highest BCUT2D eigenvalue weighted by Gasteiger charge is 2.45. The number of unbranched alkanes of at least 4 members (excludes halogenated alkanes) is 2. The zero-order chi connectivity index (χ0) is 23.0. The maximum absolute atomic E-state index is 12.4. The third kappa shape index (κ3) is 7.74. The lowest BCUT2D eigenvalue weighted by Gasteiger charge is -2.42. The topological polar surface area (TPSA) is 158 Å². The predicted molar refractivity (Wildman–Crippen MR) is 116 cm³/mol. The molecule has 7 atom stereocenters. The summed E-state index contributed by atoms with van der Waals surface area (Å²) >= 11 is 1.78. The van der Waals surface area contributed by atoms with Crippen molar-refractivity contribution in [1.82, 2.24) is 10.2 Å². The van der Waals surface area contributed by atoms with E-state index < -0.39 is 49.3 Å². The Balaban J connectivity index is 1.73. The fourth-order valence-corrected chi connectivity index (χ4v) is 4.35. The molecule has 0 aromatic carbocycles. The van der Waals surface area contributed by atoms with Gasteiger partial charge in [0.05, 0.1) is 25.4 Å². The zero-order valence-corrected chi connectivity index (χ0v) is 19.7. The van der Waals surface area contributed by atoms with Crippen molar-refractivity contribution in [3.63, 3.8) is 0 Å². The second-order valence-corrected chi connectivity index (χ2v) is 8.60. The van der Waals surface area contributed by atoms with E-state index in [2.05, 4.69) is 5.32 Å². The number of rotatable bonds is 11. The van der Waals surface area contributed by atoms with Crippen LogP contribution in [0.3, 0.4) is 0 Å². The van der Waals surface area contributed by atoms with Crippen molar-refractivity contribution in [2.45, 2.75) is 81.8 Å². The molecule has 0 saturated carbocycles. The van der Waals surface area contributed by atoms with Gasteiger partial charge >= 0.3 is 0 Å². The number of aliphatic hydroxyl groups excluding tert-OH is 4. The standard InChI is InChI=1S/C19H33IN2O9/c1-11(24)21-16-18(28)17(27)14(9-23)31-19(16)29-6-4-2-3-5-15(26)22-8-13(25)7-12(22)10-30-20/h12-14,16-19,23,25,27-28H,2-10H2,1H3,(H,21,24)/t12-,13+,14?,16?,17?,18?,19?/m0/s1. The van der Waals surface area contributed by atoms with Gasteiger partial charge in [0, 0.05) is 26.5 Å². The first-order valence-corrected chi connectivity index (χ1v) is 11.4. The average molecular weight is 560 g/mol. The summed E-state index contributed by atoms with van der Waals surface area (Å²) < 4.78 is 16.2. The highest BCUT2D eigenvalue weighted by molar-refractivity contribution is 14.1. The van der Waals surface area contributed by atoms with Crippen LogP contribution >= 0.6 is 23.0 Å². The first-order valence-electron chi connectivity index (χ1n) is 10.5. The van der Waals surface area contributed by atoms with Gasteiger partial charge in [0.15, 0.2) is 6.29 Å². The molecule has 2 rings (SSSR count). The van der Waals surface area contributed by atoms with Crippen molar-refractivity contribution >= 4 is 34.8 Å². The Morgan fingerprint density at radius 2 is 1.94 bits per heavy atom. The molecule has 0 radical (unpaired) electrons. The second kappa shape index (κ2) is 13.2. The Kier molecular flexibility index (Phi) is 11.3. The van der Waals surface area contributed by atoms with Gasteiger partial charge < -0.3 is 43.2 Å². The fraction of sp³-hybridized carbons (Fsp3) is 0.895. The Morgan fingerprint density at radius 3 is 2.58 bits per heavy atom. The van der Waals surface area contributed by atoms with E-state index in [4.69, 9.17) is 12.5 Å². The molecule has 12 heteroatoms. The largest absolute Gasteiger partial charge is 0.394 e. The smallest absolute Gasteiger partial charge is 0.222 e. The quantitative estimate of drug-likeness (QED) is 0.155. The second-order valence-electron chi connectivity index (χ2n) is 7.98. The maximum atomic E-state index is 12.4.